The van der Waals surface area contributed by atoms with Crippen LogP contribution in [-0.2, 0) is 6.42 Å². The first-order valence-corrected chi connectivity index (χ1v) is 3.80. The highest BCUT2D eigenvalue weighted by Crippen LogP contribution is 2.11. The third-order valence-electron chi connectivity index (χ3n) is 1.43. The predicted molar refractivity (Wildman–Crippen MR) is 44.2 cm³/mol. The van der Waals surface area contributed by atoms with Crippen molar-refractivity contribution in [3.05, 3.63) is 29.8 Å². The van der Waals surface area contributed by atoms with Gasteiger partial charge >= 0.3 is 0 Å². The number of halogens is 1. The molecule has 0 aliphatic heterocycles. The zero-order valence-electron chi connectivity index (χ0n) is 7.21. The Balaban J connectivity index is 2.77. The average Bonchev–Trinajstić information content (AvgIpc) is 1.82. The molecule has 0 bridgehead atoms. The van der Waals surface area contributed by atoms with E-state index in [0.717, 1.165) is 5.56 Å². The van der Waals surface area contributed by atoms with Crippen molar-refractivity contribution in [1.82, 2.24) is 4.98 Å². The van der Waals surface area contributed by atoms with E-state index in [1.165, 1.54) is 12.3 Å². The zero-order chi connectivity index (χ0) is 9.19. The van der Waals surface area contributed by atoms with E-state index in [0.29, 0.717) is 6.42 Å². The zero-order valence-corrected chi connectivity index (χ0v) is 7.21. The number of aromatic nitrogens is 1. The Morgan fingerprint density at radius 3 is 2.75 bits per heavy atom. The molecule has 0 amide bonds. The highest BCUT2D eigenvalue weighted by Gasteiger charge is 2.13. The van der Waals surface area contributed by atoms with E-state index in [4.69, 9.17) is 0 Å². The molecule has 0 saturated heterocycles. The van der Waals surface area contributed by atoms with Crippen molar-refractivity contribution in [2.45, 2.75) is 25.9 Å². The lowest BCUT2D eigenvalue weighted by Gasteiger charge is -2.16. The lowest BCUT2D eigenvalue weighted by molar-refractivity contribution is 0.0809. The Bertz CT molecular complexity index is 267. The van der Waals surface area contributed by atoms with Gasteiger partial charge in [-0.1, -0.05) is 0 Å². The van der Waals surface area contributed by atoms with Crippen LogP contribution in [0.15, 0.2) is 18.3 Å². The normalized spacial score (nSPS) is 11.7. The molecule has 0 aromatic carbocycles. The van der Waals surface area contributed by atoms with Crippen molar-refractivity contribution in [2.75, 3.05) is 0 Å². The lowest BCUT2D eigenvalue weighted by atomic mass is 10.00. The minimum Gasteiger partial charge on any atom is -0.390 e. The minimum atomic E-state index is -0.798. The first kappa shape index (κ1) is 9.13. The van der Waals surface area contributed by atoms with Crippen LogP contribution in [0.2, 0.25) is 0 Å². The van der Waals surface area contributed by atoms with Crippen molar-refractivity contribution < 1.29 is 9.50 Å². The van der Waals surface area contributed by atoms with Crippen LogP contribution in [0.4, 0.5) is 4.39 Å². The van der Waals surface area contributed by atoms with Gasteiger partial charge in [0.05, 0.1) is 5.60 Å². The summed E-state index contributed by atoms with van der Waals surface area (Å²) in [5, 5.41) is 9.42. The summed E-state index contributed by atoms with van der Waals surface area (Å²) in [4.78, 5) is 3.42. The van der Waals surface area contributed by atoms with Gasteiger partial charge in [0, 0.05) is 12.6 Å². The van der Waals surface area contributed by atoms with E-state index in [2.05, 4.69) is 4.98 Å². The van der Waals surface area contributed by atoms with Gasteiger partial charge in [-0.2, -0.15) is 4.39 Å². The maximum atomic E-state index is 12.5. The van der Waals surface area contributed by atoms with Gasteiger partial charge in [0.15, 0.2) is 0 Å². The minimum absolute atomic E-state index is 0.437. The Labute approximate surface area is 71.1 Å². The Kier molecular flexibility index (Phi) is 2.43. The molecule has 0 fully saturated rings. The van der Waals surface area contributed by atoms with E-state index in [9.17, 15) is 9.50 Å². The molecule has 0 aliphatic carbocycles. The molecule has 0 saturated carbocycles. The Morgan fingerprint density at radius 2 is 2.25 bits per heavy atom. The van der Waals surface area contributed by atoms with E-state index in [1.54, 1.807) is 19.9 Å². The van der Waals surface area contributed by atoms with Crippen LogP contribution >= 0.6 is 0 Å². The number of aliphatic hydroxyl groups is 1. The number of hydrogen-bond acceptors (Lipinski definition) is 2. The first-order chi connectivity index (χ1) is 5.47. The monoisotopic (exact) mass is 169 g/mol. The maximum Gasteiger partial charge on any atom is 0.213 e. The van der Waals surface area contributed by atoms with E-state index in [1.807, 2.05) is 0 Å². The van der Waals surface area contributed by atoms with E-state index in [-0.39, 0.29) is 0 Å². The fraction of sp³-hybridized carbons (Fsp3) is 0.444. The van der Waals surface area contributed by atoms with Gasteiger partial charge in [0.25, 0.3) is 0 Å². The van der Waals surface area contributed by atoms with Crippen LogP contribution in [0, 0.1) is 5.95 Å². The maximum absolute atomic E-state index is 12.5. The van der Waals surface area contributed by atoms with Crippen molar-refractivity contribution in [3.63, 3.8) is 0 Å². The molecule has 0 atom stereocenters. The largest absolute Gasteiger partial charge is 0.390 e. The van der Waals surface area contributed by atoms with Gasteiger partial charge in [0.2, 0.25) is 5.95 Å². The number of nitrogens with zero attached hydrogens (tertiary/aromatic N) is 1. The molecule has 0 aliphatic rings. The molecule has 0 unspecified atom stereocenters. The topological polar surface area (TPSA) is 33.1 Å². The van der Waals surface area contributed by atoms with Gasteiger partial charge in [-0.05, 0) is 31.5 Å². The second-order valence-corrected chi connectivity index (χ2v) is 3.48. The fourth-order valence-corrected chi connectivity index (χ4v) is 1.05. The molecule has 1 heterocycles. The standard InChI is InChI=1S/C9H12FNO/c1-9(2,12)6-7-3-4-11-8(10)5-7/h3-5,12H,6H2,1-2H3. The van der Waals surface area contributed by atoms with E-state index >= 15 is 0 Å². The number of hydrogen-bond donors (Lipinski definition) is 1. The fourth-order valence-electron chi connectivity index (χ4n) is 1.05. The summed E-state index contributed by atoms with van der Waals surface area (Å²) >= 11 is 0. The van der Waals surface area contributed by atoms with Gasteiger partial charge in [0.1, 0.15) is 0 Å². The third-order valence-corrected chi connectivity index (χ3v) is 1.43. The van der Waals surface area contributed by atoms with Crippen molar-refractivity contribution in [3.8, 4) is 0 Å². The van der Waals surface area contributed by atoms with Crippen LogP contribution in [0.1, 0.15) is 19.4 Å². The summed E-state index contributed by atoms with van der Waals surface area (Å²) in [6.07, 6.45) is 1.84. The van der Waals surface area contributed by atoms with Crippen molar-refractivity contribution in [1.29, 1.82) is 0 Å². The number of pyridine rings is 1. The van der Waals surface area contributed by atoms with Crippen LogP contribution in [-0.4, -0.2) is 15.7 Å². The quantitative estimate of drug-likeness (QED) is 0.681. The molecule has 0 spiro atoms. The lowest BCUT2D eigenvalue weighted by Crippen LogP contribution is -2.21. The molecule has 1 aromatic heterocycles. The number of rotatable bonds is 2. The highest BCUT2D eigenvalue weighted by atomic mass is 19.1. The van der Waals surface area contributed by atoms with Crippen LogP contribution < -0.4 is 0 Å². The SMILES string of the molecule is CC(C)(O)Cc1ccnc(F)c1. The second-order valence-electron chi connectivity index (χ2n) is 3.48. The molecule has 1 rings (SSSR count). The predicted octanol–water partition coefficient (Wildman–Crippen LogP) is 1.53. The Morgan fingerprint density at radius 1 is 1.58 bits per heavy atom. The summed E-state index contributed by atoms with van der Waals surface area (Å²) in [5.74, 6) is -0.503. The van der Waals surface area contributed by atoms with Gasteiger partial charge in [-0.25, -0.2) is 4.98 Å². The van der Waals surface area contributed by atoms with E-state index < -0.39 is 11.5 Å². The highest BCUT2D eigenvalue weighted by molar-refractivity contribution is 5.12. The van der Waals surface area contributed by atoms with Gasteiger partial charge in [-0.15, -0.1) is 0 Å². The van der Waals surface area contributed by atoms with Crippen LogP contribution in [0.5, 0.6) is 0 Å². The first-order valence-electron chi connectivity index (χ1n) is 3.80. The molecule has 66 valence electrons. The molecule has 12 heavy (non-hydrogen) atoms. The summed E-state index contributed by atoms with van der Waals surface area (Å²) in [7, 11) is 0. The van der Waals surface area contributed by atoms with Crippen molar-refractivity contribution >= 4 is 0 Å². The van der Waals surface area contributed by atoms with Gasteiger partial charge < -0.3 is 5.11 Å². The molecule has 2 nitrogen and oxygen atoms in total. The Hall–Kier alpha value is -0.960. The average molecular weight is 169 g/mol. The third kappa shape index (κ3) is 2.96. The van der Waals surface area contributed by atoms with Crippen molar-refractivity contribution in [2.24, 2.45) is 0 Å². The molecular weight excluding hydrogens is 157 g/mol. The summed E-state index contributed by atoms with van der Waals surface area (Å²) < 4.78 is 12.5. The smallest absolute Gasteiger partial charge is 0.213 e. The molecule has 1 aromatic rings. The molecular formula is C9H12FNO. The molecule has 1 N–H and O–H groups in total. The van der Waals surface area contributed by atoms with Crippen LogP contribution in [0.3, 0.4) is 0 Å². The summed E-state index contributed by atoms with van der Waals surface area (Å²) in [5.41, 5.74) is -0.0386. The summed E-state index contributed by atoms with van der Waals surface area (Å²) in [6, 6.07) is 3.03. The second kappa shape index (κ2) is 3.19. The summed E-state index contributed by atoms with van der Waals surface area (Å²) in [6.45, 7) is 3.37. The molecule has 3 heteroatoms. The van der Waals surface area contributed by atoms with Gasteiger partial charge in [-0.3, -0.25) is 0 Å². The van der Waals surface area contributed by atoms with Crippen LogP contribution in [0.25, 0.3) is 0 Å². The molecule has 0 radical (unpaired) electrons.